The average Bonchev–Trinajstić information content (AvgIpc) is 3.11. The second-order valence-electron chi connectivity index (χ2n) is 6.46. The highest BCUT2D eigenvalue weighted by Gasteiger charge is 2.41. The number of ether oxygens (including phenoxy) is 1. The molecule has 0 radical (unpaired) electrons. The zero-order chi connectivity index (χ0) is 19.4. The maximum Gasteiger partial charge on any atom is 0.246 e. The number of methoxy groups -OCH3 is 1. The van der Waals surface area contributed by atoms with Gasteiger partial charge in [0.25, 0.3) is 0 Å². The standard InChI is InChI=1S/C19H24N4O4/c1-4-23-17(24)10-9-14(18(23)13-7-5-6-8-15(13)26-3)19(25)20-11-16-21-12(2)22-27-16/h5-8,14,18H,4,9-11H2,1-3H3,(H,20,25)/t14-,18+/m1/s1. The number of carbonyl (C=O) groups excluding carboxylic acids is 2. The smallest absolute Gasteiger partial charge is 0.246 e. The molecular formula is C19H24N4O4. The molecule has 8 nitrogen and oxygen atoms in total. The van der Waals surface area contributed by atoms with Crippen molar-refractivity contribution in [1.82, 2.24) is 20.4 Å². The van der Waals surface area contributed by atoms with Crippen molar-refractivity contribution in [3.8, 4) is 5.75 Å². The number of piperidine rings is 1. The molecule has 3 rings (SSSR count). The van der Waals surface area contributed by atoms with E-state index in [1.807, 2.05) is 31.2 Å². The molecule has 1 saturated heterocycles. The summed E-state index contributed by atoms with van der Waals surface area (Å²) in [5.74, 6) is 1.06. The van der Waals surface area contributed by atoms with Crippen molar-refractivity contribution in [2.75, 3.05) is 13.7 Å². The van der Waals surface area contributed by atoms with E-state index < -0.39 is 0 Å². The maximum absolute atomic E-state index is 12.9. The van der Waals surface area contributed by atoms with Gasteiger partial charge in [-0.2, -0.15) is 4.98 Å². The van der Waals surface area contributed by atoms with E-state index in [1.165, 1.54) is 0 Å². The van der Waals surface area contributed by atoms with Crippen LogP contribution in [0.15, 0.2) is 28.8 Å². The van der Waals surface area contributed by atoms with Gasteiger partial charge in [-0.15, -0.1) is 0 Å². The summed E-state index contributed by atoms with van der Waals surface area (Å²) in [6.07, 6.45) is 0.823. The van der Waals surface area contributed by atoms with Crippen LogP contribution in [-0.2, 0) is 16.1 Å². The molecule has 144 valence electrons. The zero-order valence-corrected chi connectivity index (χ0v) is 15.8. The minimum atomic E-state index is -0.386. The molecule has 2 atom stereocenters. The largest absolute Gasteiger partial charge is 0.496 e. The van der Waals surface area contributed by atoms with Crippen molar-refractivity contribution in [1.29, 1.82) is 0 Å². The second-order valence-corrected chi connectivity index (χ2v) is 6.46. The predicted octanol–water partition coefficient (Wildman–Crippen LogP) is 2.00. The Morgan fingerprint density at radius 1 is 1.41 bits per heavy atom. The van der Waals surface area contributed by atoms with Crippen molar-refractivity contribution in [2.24, 2.45) is 5.92 Å². The number of aryl methyl sites for hydroxylation is 1. The molecule has 1 aliphatic heterocycles. The van der Waals surface area contributed by atoms with E-state index in [-0.39, 0.29) is 30.3 Å². The number of nitrogens with one attached hydrogen (secondary N) is 1. The number of likely N-dealkylation sites (tertiary alicyclic amines) is 1. The summed E-state index contributed by atoms with van der Waals surface area (Å²) in [4.78, 5) is 31.3. The number of hydrogen-bond acceptors (Lipinski definition) is 6. The third-order valence-corrected chi connectivity index (χ3v) is 4.82. The van der Waals surface area contributed by atoms with E-state index in [0.717, 1.165) is 5.56 Å². The summed E-state index contributed by atoms with van der Waals surface area (Å²) < 4.78 is 10.5. The van der Waals surface area contributed by atoms with Gasteiger partial charge in [0.2, 0.25) is 17.7 Å². The monoisotopic (exact) mass is 372 g/mol. The molecule has 27 heavy (non-hydrogen) atoms. The minimum absolute atomic E-state index is 0.0463. The lowest BCUT2D eigenvalue weighted by Crippen LogP contribution is -2.48. The molecule has 0 saturated carbocycles. The van der Waals surface area contributed by atoms with Crippen molar-refractivity contribution in [2.45, 2.75) is 39.3 Å². The number of nitrogens with zero attached hydrogens (tertiary/aromatic N) is 3. The lowest BCUT2D eigenvalue weighted by Gasteiger charge is -2.40. The first-order chi connectivity index (χ1) is 13.0. The molecule has 8 heteroatoms. The molecular weight excluding hydrogens is 348 g/mol. The number of amides is 2. The highest BCUT2D eigenvalue weighted by Crippen LogP contribution is 2.40. The molecule has 1 aromatic carbocycles. The summed E-state index contributed by atoms with van der Waals surface area (Å²) in [5.41, 5.74) is 0.837. The Labute approximate surface area is 157 Å². The van der Waals surface area contributed by atoms with Crippen LogP contribution in [0.2, 0.25) is 0 Å². The average molecular weight is 372 g/mol. The number of rotatable bonds is 6. The molecule has 0 bridgehead atoms. The van der Waals surface area contributed by atoms with Crippen LogP contribution in [0, 0.1) is 12.8 Å². The third kappa shape index (κ3) is 3.94. The third-order valence-electron chi connectivity index (χ3n) is 4.82. The van der Waals surface area contributed by atoms with Gasteiger partial charge in [0.1, 0.15) is 5.75 Å². The van der Waals surface area contributed by atoms with Crippen LogP contribution in [-0.4, -0.2) is 40.5 Å². The van der Waals surface area contributed by atoms with E-state index in [4.69, 9.17) is 9.26 Å². The van der Waals surface area contributed by atoms with Crippen molar-refractivity contribution >= 4 is 11.8 Å². The number of benzene rings is 1. The van der Waals surface area contributed by atoms with Gasteiger partial charge >= 0.3 is 0 Å². The Balaban J connectivity index is 1.86. The van der Waals surface area contributed by atoms with Gasteiger partial charge in [-0.1, -0.05) is 23.4 Å². The SMILES string of the molecule is CCN1C(=O)CC[C@@H](C(=O)NCc2nc(C)no2)[C@@H]1c1ccccc1OC. The van der Waals surface area contributed by atoms with E-state index >= 15 is 0 Å². The van der Waals surface area contributed by atoms with Crippen molar-refractivity contribution in [3.63, 3.8) is 0 Å². The van der Waals surface area contributed by atoms with Gasteiger partial charge < -0.3 is 19.5 Å². The van der Waals surface area contributed by atoms with Crippen molar-refractivity contribution < 1.29 is 18.8 Å². The Kier molecular flexibility index (Phi) is 5.73. The Bertz CT molecular complexity index is 820. The molecule has 0 spiro atoms. The van der Waals surface area contributed by atoms with E-state index in [1.54, 1.807) is 18.9 Å². The summed E-state index contributed by atoms with van der Waals surface area (Å²) in [5, 5.41) is 6.59. The minimum Gasteiger partial charge on any atom is -0.496 e. The quantitative estimate of drug-likeness (QED) is 0.833. The molecule has 1 aliphatic rings. The number of aromatic nitrogens is 2. The fraction of sp³-hybridized carbons (Fsp3) is 0.474. The van der Waals surface area contributed by atoms with Crippen LogP contribution in [0.25, 0.3) is 0 Å². The van der Waals surface area contributed by atoms with Crippen LogP contribution in [0.1, 0.15) is 43.1 Å². The first-order valence-electron chi connectivity index (χ1n) is 9.04. The summed E-state index contributed by atoms with van der Waals surface area (Å²) >= 11 is 0. The Morgan fingerprint density at radius 3 is 2.85 bits per heavy atom. The summed E-state index contributed by atoms with van der Waals surface area (Å²) in [7, 11) is 1.59. The normalized spacial score (nSPS) is 19.8. The molecule has 1 aromatic heterocycles. The van der Waals surface area contributed by atoms with Crippen LogP contribution in [0.3, 0.4) is 0 Å². The van der Waals surface area contributed by atoms with Gasteiger partial charge in [0.05, 0.1) is 25.6 Å². The van der Waals surface area contributed by atoms with Crippen LogP contribution in [0.4, 0.5) is 0 Å². The molecule has 0 aliphatic carbocycles. The second kappa shape index (κ2) is 8.20. The highest BCUT2D eigenvalue weighted by atomic mass is 16.5. The fourth-order valence-corrected chi connectivity index (χ4v) is 3.60. The van der Waals surface area contributed by atoms with Crippen LogP contribution < -0.4 is 10.1 Å². The van der Waals surface area contributed by atoms with Gasteiger partial charge in [-0.3, -0.25) is 9.59 Å². The van der Waals surface area contributed by atoms with Gasteiger partial charge in [0.15, 0.2) is 5.82 Å². The first kappa shape index (κ1) is 18.9. The number of hydrogen-bond donors (Lipinski definition) is 1. The van der Waals surface area contributed by atoms with Gasteiger partial charge in [0, 0.05) is 18.5 Å². The first-order valence-corrected chi connectivity index (χ1v) is 9.04. The van der Waals surface area contributed by atoms with Gasteiger partial charge in [-0.05, 0) is 26.3 Å². The molecule has 2 amide bonds. The molecule has 1 fully saturated rings. The molecule has 1 N–H and O–H groups in total. The summed E-state index contributed by atoms with van der Waals surface area (Å²) in [6.45, 7) is 4.32. The Hall–Kier alpha value is -2.90. The van der Waals surface area contributed by atoms with Crippen molar-refractivity contribution in [3.05, 3.63) is 41.5 Å². The molecule has 2 aromatic rings. The lowest BCUT2D eigenvalue weighted by atomic mass is 9.83. The van der Waals surface area contributed by atoms with E-state index in [2.05, 4.69) is 15.5 Å². The van der Waals surface area contributed by atoms with E-state index in [9.17, 15) is 9.59 Å². The summed E-state index contributed by atoms with van der Waals surface area (Å²) in [6, 6.07) is 7.14. The Morgan fingerprint density at radius 2 is 2.19 bits per heavy atom. The van der Waals surface area contributed by atoms with E-state index in [0.29, 0.717) is 36.9 Å². The predicted molar refractivity (Wildman–Crippen MR) is 96.7 cm³/mol. The van der Waals surface area contributed by atoms with Crippen LogP contribution in [0.5, 0.6) is 5.75 Å². The topological polar surface area (TPSA) is 97.6 Å². The number of para-hydroxylation sites is 1. The molecule has 2 heterocycles. The fourth-order valence-electron chi connectivity index (χ4n) is 3.60. The lowest BCUT2D eigenvalue weighted by molar-refractivity contribution is -0.143. The zero-order valence-electron chi connectivity index (χ0n) is 15.8. The van der Waals surface area contributed by atoms with Crippen LogP contribution >= 0.6 is 0 Å². The molecule has 0 unspecified atom stereocenters. The highest BCUT2D eigenvalue weighted by molar-refractivity contribution is 5.85. The van der Waals surface area contributed by atoms with Gasteiger partial charge in [-0.25, -0.2) is 0 Å². The maximum atomic E-state index is 12.9. The number of carbonyl (C=O) groups is 2.